The third-order valence-electron chi connectivity index (χ3n) is 6.83. The number of halogens is 2. The van der Waals surface area contributed by atoms with Crippen LogP contribution in [0.25, 0.3) is 11.3 Å². The van der Waals surface area contributed by atoms with Crippen molar-refractivity contribution in [2.24, 2.45) is 5.92 Å². The van der Waals surface area contributed by atoms with Gasteiger partial charge in [0.25, 0.3) is 5.92 Å². The van der Waals surface area contributed by atoms with Crippen molar-refractivity contribution in [3.8, 4) is 11.3 Å². The van der Waals surface area contributed by atoms with Gasteiger partial charge >= 0.3 is 0 Å². The third-order valence-corrected chi connectivity index (χ3v) is 7.79. The summed E-state index contributed by atoms with van der Waals surface area (Å²) in [4.78, 5) is 20.6. The van der Waals surface area contributed by atoms with Crippen LogP contribution in [0, 0.1) is 12.8 Å². The zero-order valence-corrected chi connectivity index (χ0v) is 22.2. The van der Waals surface area contributed by atoms with E-state index < -0.39 is 18.4 Å². The van der Waals surface area contributed by atoms with Crippen LogP contribution in [0.3, 0.4) is 0 Å². The van der Waals surface area contributed by atoms with Crippen LogP contribution >= 0.6 is 12.1 Å². The number of carbonyl (C=O) groups is 1. The molecule has 5 rings (SSSR count). The molecule has 1 saturated heterocycles. The van der Waals surface area contributed by atoms with Gasteiger partial charge in [-0.05, 0) is 36.2 Å². The summed E-state index contributed by atoms with van der Waals surface area (Å²) in [5, 5.41) is 9.06. The van der Waals surface area contributed by atoms with Crippen LogP contribution in [0.2, 0.25) is 0 Å². The standard InChI is InChI=1S/C24H29F2N5O2S.C2H6/c1-16-3-4-17(13-29-7-9-30(10-8-29)22(33)15-32)11-19(16)20-5-6-21-23(27-20)28(2)34-31(21)14-18-12-24(18,25)26;1-2/h3-6,11,18,32H,7-10,12-15H2,1-2H3;1-2H3. The highest BCUT2D eigenvalue weighted by Gasteiger charge is 2.57. The maximum atomic E-state index is 13.4. The number of aliphatic hydroxyl groups excluding tert-OH is 1. The first-order valence-electron chi connectivity index (χ1n) is 12.5. The Morgan fingerprint density at radius 3 is 2.50 bits per heavy atom. The highest BCUT2D eigenvalue weighted by atomic mass is 32.2. The summed E-state index contributed by atoms with van der Waals surface area (Å²) >= 11 is 1.42. The number of nitrogens with zero attached hydrogens (tertiary/aromatic N) is 5. The van der Waals surface area contributed by atoms with Crippen molar-refractivity contribution in [2.45, 2.75) is 39.7 Å². The highest BCUT2D eigenvalue weighted by molar-refractivity contribution is 8.02. The molecule has 0 spiro atoms. The lowest BCUT2D eigenvalue weighted by molar-refractivity contribution is -0.136. The molecule has 1 atom stereocenters. The number of alkyl halides is 2. The number of aliphatic hydroxyl groups is 1. The molecule has 2 aliphatic heterocycles. The first kappa shape index (κ1) is 26.6. The third kappa shape index (κ3) is 5.60. The molecule has 1 saturated carbocycles. The van der Waals surface area contributed by atoms with E-state index in [-0.39, 0.29) is 12.3 Å². The molecule has 1 amide bonds. The largest absolute Gasteiger partial charge is 0.387 e. The van der Waals surface area contributed by atoms with E-state index in [0.717, 1.165) is 48.0 Å². The van der Waals surface area contributed by atoms with Gasteiger partial charge in [-0.25, -0.2) is 13.8 Å². The summed E-state index contributed by atoms with van der Waals surface area (Å²) in [7, 11) is 1.91. The Kier molecular flexibility index (Phi) is 8.06. The molecular weight excluding hydrogens is 484 g/mol. The van der Waals surface area contributed by atoms with E-state index in [1.54, 1.807) is 4.90 Å². The van der Waals surface area contributed by atoms with Gasteiger partial charge in [0.1, 0.15) is 6.61 Å². The van der Waals surface area contributed by atoms with E-state index in [2.05, 4.69) is 30.0 Å². The number of amides is 1. The average Bonchev–Trinajstić information content (AvgIpc) is 3.37. The van der Waals surface area contributed by atoms with E-state index in [9.17, 15) is 13.6 Å². The van der Waals surface area contributed by atoms with Gasteiger partial charge in [-0.1, -0.05) is 26.0 Å². The number of aryl methyl sites for hydroxylation is 1. The summed E-state index contributed by atoms with van der Waals surface area (Å²) in [6, 6.07) is 10.3. The number of hydrogen-bond donors (Lipinski definition) is 1. The van der Waals surface area contributed by atoms with Crippen LogP contribution in [0.1, 0.15) is 31.4 Å². The van der Waals surface area contributed by atoms with Crippen LogP contribution in [0.15, 0.2) is 30.3 Å². The molecule has 1 aliphatic carbocycles. The number of fused-ring (bicyclic) bond motifs is 1. The minimum atomic E-state index is -2.53. The number of carbonyl (C=O) groups excluding carboxylic acids is 1. The van der Waals surface area contributed by atoms with Crippen molar-refractivity contribution in [2.75, 3.05) is 55.0 Å². The number of piperazine rings is 1. The molecule has 10 heteroatoms. The molecular formula is C26H35F2N5O2S. The second-order valence-corrected chi connectivity index (χ2v) is 10.5. The molecule has 2 fully saturated rings. The van der Waals surface area contributed by atoms with Crippen molar-refractivity contribution in [1.82, 2.24) is 14.8 Å². The lowest BCUT2D eigenvalue weighted by atomic mass is 10.0. The first-order valence-corrected chi connectivity index (χ1v) is 13.3. The molecule has 1 unspecified atom stereocenters. The Hall–Kier alpha value is -2.43. The van der Waals surface area contributed by atoms with Crippen molar-refractivity contribution >= 4 is 29.5 Å². The van der Waals surface area contributed by atoms with Crippen molar-refractivity contribution in [3.63, 3.8) is 0 Å². The molecule has 0 radical (unpaired) electrons. The van der Waals surface area contributed by atoms with E-state index in [4.69, 9.17) is 10.1 Å². The van der Waals surface area contributed by atoms with Crippen LogP contribution < -0.4 is 8.61 Å². The second kappa shape index (κ2) is 10.9. The Balaban J connectivity index is 0.00000148. The predicted octanol–water partition coefficient (Wildman–Crippen LogP) is 4.19. The van der Waals surface area contributed by atoms with Crippen LogP contribution in [-0.4, -0.2) is 78.1 Å². The molecule has 1 aromatic carbocycles. The van der Waals surface area contributed by atoms with Gasteiger partial charge in [-0.2, -0.15) is 0 Å². The normalized spacial score (nSPS) is 20.6. The topological polar surface area (TPSA) is 63.2 Å². The van der Waals surface area contributed by atoms with Crippen LogP contribution in [-0.2, 0) is 11.3 Å². The molecule has 3 aliphatic rings. The lowest BCUT2D eigenvalue weighted by Gasteiger charge is -2.34. The Morgan fingerprint density at radius 1 is 1.17 bits per heavy atom. The van der Waals surface area contributed by atoms with E-state index in [0.29, 0.717) is 19.6 Å². The van der Waals surface area contributed by atoms with Gasteiger partial charge in [0, 0.05) is 64.2 Å². The molecule has 7 nitrogen and oxygen atoms in total. The molecule has 1 N–H and O–H groups in total. The van der Waals surface area contributed by atoms with E-state index in [1.165, 1.54) is 17.7 Å². The zero-order chi connectivity index (χ0) is 26.0. The SMILES string of the molecule is CC.Cc1ccc(CN2CCN(C(=O)CO)CC2)cc1-c1ccc2c(n1)N(C)SN2CC1CC1(F)F. The van der Waals surface area contributed by atoms with Crippen molar-refractivity contribution < 1.29 is 18.7 Å². The van der Waals surface area contributed by atoms with Gasteiger partial charge < -0.3 is 10.0 Å². The summed E-state index contributed by atoms with van der Waals surface area (Å²) in [5.41, 5.74) is 5.09. The number of benzene rings is 1. The zero-order valence-electron chi connectivity index (χ0n) is 21.4. The summed E-state index contributed by atoms with van der Waals surface area (Å²) < 4.78 is 30.7. The maximum Gasteiger partial charge on any atom is 0.253 e. The first-order chi connectivity index (χ1) is 17.2. The lowest BCUT2D eigenvalue weighted by Crippen LogP contribution is -2.49. The number of aromatic nitrogens is 1. The van der Waals surface area contributed by atoms with Gasteiger partial charge in [0.2, 0.25) is 5.91 Å². The molecule has 2 aromatic rings. The fraction of sp³-hybridized carbons (Fsp3) is 0.538. The fourth-order valence-corrected chi connectivity index (χ4v) is 5.59. The van der Waals surface area contributed by atoms with Crippen molar-refractivity contribution in [3.05, 3.63) is 41.5 Å². The van der Waals surface area contributed by atoms with Gasteiger partial charge in [-0.15, -0.1) is 0 Å². The molecule has 36 heavy (non-hydrogen) atoms. The number of pyridine rings is 1. The smallest absolute Gasteiger partial charge is 0.253 e. The average molecular weight is 520 g/mol. The Labute approximate surface area is 216 Å². The van der Waals surface area contributed by atoms with Gasteiger partial charge in [0.05, 0.1) is 23.5 Å². The minimum absolute atomic E-state index is 0.0343. The van der Waals surface area contributed by atoms with E-state index >= 15 is 0 Å². The quantitative estimate of drug-likeness (QED) is 0.574. The molecule has 1 aromatic heterocycles. The number of anilines is 2. The molecule has 3 heterocycles. The Bertz CT molecular complexity index is 1090. The highest BCUT2D eigenvalue weighted by Crippen LogP contribution is 2.52. The van der Waals surface area contributed by atoms with Gasteiger partial charge in [0.15, 0.2) is 5.82 Å². The van der Waals surface area contributed by atoms with Crippen molar-refractivity contribution in [1.29, 1.82) is 0 Å². The Morgan fingerprint density at radius 2 is 1.86 bits per heavy atom. The fourth-order valence-electron chi connectivity index (χ4n) is 4.60. The molecule has 196 valence electrons. The summed E-state index contributed by atoms with van der Waals surface area (Å²) in [5.74, 6) is -2.54. The maximum absolute atomic E-state index is 13.4. The van der Waals surface area contributed by atoms with Crippen LogP contribution in [0.4, 0.5) is 20.3 Å². The predicted molar refractivity (Wildman–Crippen MR) is 141 cm³/mol. The second-order valence-electron chi connectivity index (χ2n) is 9.31. The van der Waals surface area contributed by atoms with Crippen LogP contribution in [0.5, 0.6) is 0 Å². The van der Waals surface area contributed by atoms with E-state index in [1.807, 2.05) is 41.6 Å². The number of hydrogen-bond acceptors (Lipinski definition) is 7. The minimum Gasteiger partial charge on any atom is -0.387 e. The van der Waals surface area contributed by atoms with Gasteiger partial charge in [-0.3, -0.25) is 18.3 Å². The summed E-state index contributed by atoms with van der Waals surface area (Å²) in [6.07, 6.45) is -0.0343. The monoisotopic (exact) mass is 519 g/mol. The number of rotatable bonds is 6. The summed E-state index contributed by atoms with van der Waals surface area (Å²) in [6.45, 7) is 9.50. The molecule has 0 bridgehead atoms.